The number of methoxy groups -OCH3 is 1. The van der Waals surface area contributed by atoms with Crippen LogP contribution in [0.3, 0.4) is 0 Å². The second-order valence-electron chi connectivity index (χ2n) is 8.17. The van der Waals surface area contributed by atoms with Crippen LogP contribution in [-0.2, 0) is 4.79 Å². The first kappa shape index (κ1) is 24.0. The molecule has 3 aromatic carbocycles. The van der Waals surface area contributed by atoms with Crippen LogP contribution in [0.4, 0.5) is 11.4 Å². The van der Waals surface area contributed by atoms with Gasteiger partial charge in [-0.05, 0) is 47.2 Å². The number of rotatable bonds is 6. The molecule has 2 aliphatic heterocycles. The Hall–Kier alpha value is -3.68. The number of anilines is 1. The summed E-state index contributed by atoms with van der Waals surface area (Å²) < 4.78 is 5.38. The van der Waals surface area contributed by atoms with Crippen LogP contribution >= 0.6 is 23.5 Å². The van der Waals surface area contributed by atoms with Crippen LogP contribution in [0.2, 0.25) is 0 Å². The fourth-order valence-electron chi connectivity index (χ4n) is 3.89. The van der Waals surface area contributed by atoms with E-state index in [9.17, 15) is 4.79 Å². The maximum atomic E-state index is 13.4. The molecule has 0 saturated carbocycles. The van der Waals surface area contributed by atoms with Gasteiger partial charge in [-0.2, -0.15) is 0 Å². The minimum absolute atomic E-state index is 0.0600. The Bertz CT molecular complexity index is 1400. The Morgan fingerprint density at radius 2 is 1.69 bits per heavy atom. The first-order chi connectivity index (χ1) is 17.6. The molecule has 180 valence electrons. The quantitative estimate of drug-likeness (QED) is 0.202. The molecule has 0 N–H and O–H groups in total. The zero-order chi connectivity index (χ0) is 25.1. The van der Waals surface area contributed by atoms with Gasteiger partial charge in [0.15, 0.2) is 5.17 Å². The molecule has 0 spiro atoms. The van der Waals surface area contributed by atoms with Gasteiger partial charge in [0, 0.05) is 24.6 Å². The van der Waals surface area contributed by atoms with Gasteiger partial charge in [-0.25, -0.2) is 4.99 Å². The smallest absolute Gasteiger partial charge is 0.269 e. The Kier molecular flexibility index (Phi) is 7.02. The van der Waals surface area contributed by atoms with Crippen LogP contribution < -0.4 is 9.64 Å². The standard InChI is InChI=1S/C29H25N3O2S2/c1-4-18-32-27(33)26(28-31(2)24-19-23(34-3)16-17-25(24)35-28)36-29(32)30-22-14-12-21(13-15-22)11-10-20-8-6-5-7-9-20/h4-17,19H,1,18H2,2-3H3/b11-10+,28-26-,30-29?. The summed E-state index contributed by atoms with van der Waals surface area (Å²) in [6.07, 6.45) is 5.89. The van der Waals surface area contributed by atoms with E-state index in [-0.39, 0.29) is 5.91 Å². The number of nitrogens with zero attached hydrogens (tertiary/aromatic N) is 3. The summed E-state index contributed by atoms with van der Waals surface area (Å²) in [6, 6.07) is 24.1. The van der Waals surface area contributed by atoms with Gasteiger partial charge in [0.05, 0.1) is 23.5 Å². The normalized spacial score (nSPS) is 18.4. The largest absolute Gasteiger partial charge is 0.497 e. The lowest BCUT2D eigenvalue weighted by atomic mass is 10.1. The zero-order valence-corrected chi connectivity index (χ0v) is 21.7. The van der Waals surface area contributed by atoms with E-state index in [2.05, 4.69) is 30.9 Å². The van der Waals surface area contributed by atoms with Crippen molar-refractivity contribution in [2.24, 2.45) is 4.99 Å². The summed E-state index contributed by atoms with van der Waals surface area (Å²) in [5, 5.41) is 1.55. The van der Waals surface area contributed by atoms with Crippen molar-refractivity contribution in [2.45, 2.75) is 4.90 Å². The third kappa shape index (κ3) is 4.85. The van der Waals surface area contributed by atoms with E-state index in [0.717, 1.165) is 38.2 Å². The van der Waals surface area contributed by atoms with Crippen LogP contribution in [0.15, 0.2) is 105 Å². The minimum atomic E-state index is -0.0600. The molecule has 0 aromatic heterocycles. The molecule has 0 unspecified atom stereocenters. The summed E-state index contributed by atoms with van der Waals surface area (Å²) in [6.45, 7) is 4.23. The Labute approximate surface area is 219 Å². The van der Waals surface area contributed by atoms with Crippen molar-refractivity contribution in [1.82, 2.24) is 4.90 Å². The number of hydrogen-bond acceptors (Lipinski definition) is 6. The fourth-order valence-corrected chi connectivity index (χ4v) is 6.22. The van der Waals surface area contributed by atoms with Crippen molar-refractivity contribution in [1.29, 1.82) is 0 Å². The van der Waals surface area contributed by atoms with E-state index in [1.807, 2.05) is 72.6 Å². The molecule has 1 fully saturated rings. The molecule has 0 radical (unpaired) electrons. The molecule has 1 amide bonds. The topological polar surface area (TPSA) is 45.1 Å². The van der Waals surface area contributed by atoms with Crippen molar-refractivity contribution in [3.63, 3.8) is 0 Å². The molecular formula is C29H25N3O2S2. The molecule has 36 heavy (non-hydrogen) atoms. The van der Waals surface area contributed by atoms with Gasteiger partial charge in [-0.3, -0.25) is 9.69 Å². The Morgan fingerprint density at radius 3 is 2.39 bits per heavy atom. The maximum Gasteiger partial charge on any atom is 0.269 e. The second kappa shape index (κ2) is 10.5. The number of amides is 1. The lowest BCUT2D eigenvalue weighted by molar-refractivity contribution is -0.121. The summed E-state index contributed by atoms with van der Waals surface area (Å²) in [4.78, 5) is 23.7. The number of fused-ring (bicyclic) bond motifs is 1. The van der Waals surface area contributed by atoms with Gasteiger partial charge in [0.25, 0.3) is 5.91 Å². The predicted octanol–water partition coefficient (Wildman–Crippen LogP) is 7.03. The van der Waals surface area contributed by atoms with E-state index in [0.29, 0.717) is 16.6 Å². The highest BCUT2D eigenvalue weighted by atomic mass is 32.2. The number of carbonyl (C=O) groups excluding carboxylic acids is 1. The van der Waals surface area contributed by atoms with Crippen LogP contribution in [0.5, 0.6) is 5.75 Å². The molecule has 0 bridgehead atoms. The van der Waals surface area contributed by atoms with E-state index in [1.54, 1.807) is 29.8 Å². The number of amidine groups is 1. The van der Waals surface area contributed by atoms with Gasteiger partial charge < -0.3 is 9.64 Å². The highest BCUT2D eigenvalue weighted by molar-refractivity contribution is 8.19. The minimum Gasteiger partial charge on any atom is -0.497 e. The molecule has 2 aliphatic rings. The third-order valence-electron chi connectivity index (χ3n) is 5.79. The highest BCUT2D eigenvalue weighted by Crippen LogP contribution is 2.51. The third-order valence-corrected chi connectivity index (χ3v) is 8.23. The molecule has 0 aliphatic carbocycles. The molecule has 5 rings (SSSR count). The van der Waals surface area contributed by atoms with Crippen molar-refractivity contribution in [2.75, 3.05) is 25.6 Å². The van der Waals surface area contributed by atoms with Gasteiger partial charge in [-0.1, -0.05) is 72.5 Å². The molecule has 3 aromatic rings. The fraction of sp³-hybridized carbons (Fsp3) is 0.103. The van der Waals surface area contributed by atoms with Crippen LogP contribution in [0, 0.1) is 0 Å². The number of carbonyl (C=O) groups is 1. The summed E-state index contributed by atoms with van der Waals surface area (Å²) in [5.74, 6) is 0.727. The van der Waals surface area contributed by atoms with E-state index < -0.39 is 0 Å². The number of ether oxygens (including phenoxy) is 1. The lowest BCUT2D eigenvalue weighted by Crippen LogP contribution is -2.29. The van der Waals surface area contributed by atoms with Gasteiger partial charge in [-0.15, -0.1) is 6.58 Å². The molecule has 1 saturated heterocycles. The summed E-state index contributed by atoms with van der Waals surface area (Å²) in [5.41, 5.74) is 4.05. The predicted molar refractivity (Wildman–Crippen MR) is 153 cm³/mol. The summed E-state index contributed by atoms with van der Waals surface area (Å²) in [7, 11) is 3.63. The average molecular weight is 512 g/mol. The monoisotopic (exact) mass is 511 g/mol. The van der Waals surface area contributed by atoms with Gasteiger partial charge >= 0.3 is 0 Å². The maximum absolute atomic E-state index is 13.4. The van der Waals surface area contributed by atoms with Crippen molar-refractivity contribution < 1.29 is 9.53 Å². The van der Waals surface area contributed by atoms with Crippen molar-refractivity contribution in [3.8, 4) is 5.75 Å². The number of thioether (sulfide) groups is 2. The first-order valence-corrected chi connectivity index (χ1v) is 13.1. The molecule has 7 heteroatoms. The molecule has 5 nitrogen and oxygen atoms in total. The molecule has 0 atom stereocenters. The van der Waals surface area contributed by atoms with E-state index in [4.69, 9.17) is 9.73 Å². The summed E-state index contributed by atoms with van der Waals surface area (Å²) >= 11 is 3.00. The molecular weight excluding hydrogens is 486 g/mol. The average Bonchev–Trinajstić information content (AvgIpc) is 3.40. The lowest BCUT2D eigenvalue weighted by Gasteiger charge is -2.15. The Balaban J connectivity index is 1.41. The highest BCUT2D eigenvalue weighted by Gasteiger charge is 2.38. The molecule has 2 heterocycles. The Morgan fingerprint density at radius 1 is 0.972 bits per heavy atom. The van der Waals surface area contributed by atoms with E-state index in [1.165, 1.54) is 11.8 Å². The van der Waals surface area contributed by atoms with Crippen LogP contribution in [-0.4, -0.2) is 36.7 Å². The van der Waals surface area contributed by atoms with E-state index >= 15 is 0 Å². The van der Waals surface area contributed by atoms with Gasteiger partial charge in [0.2, 0.25) is 0 Å². The number of aliphatic imine (C=N–C) groups is 1. The SMILES string of the molecule is C=CCN1C(=O)/C(=C2/Sc3ccc(OC)cc3N2C)SC1=Nc1ccc(/C=C/c2ccccc2)cc1. The first-order valence-electron chi connectivity index (χ1n) is 11.4. The van der Waals surface area contributed by atoms with Crippen LogP contribution in [0.1, 0.15) is 11.1 Å². The zero-order valence-electron chi connectivity index (χ0n) is 20.0. The second-order valence-corrected chi connectivity index (χ2v) is 10.2. The van der Waals surface area contributed by atoms with Crippen LogP contribution in [0.25, 0.3) is 12.2 Å². The number of hydrogen-bond donors (Lipinski definition) is 0. The van der Waals surface area contributed by atoms with Crippen molar-refractivity contribution >= 4 is 58.1 Å². The number of benzene rings is 3. The van der Waals surface area contributed by atoms with Crippen molar-refractivity contribution in [3.05, 3.63) is 107 Å². The van der Waals surface area contributed by atoms with Gasteiger partial charge in [0.1, 0.15) is 10.7 Å².